The minimum absolute atomic E-state index is 0.0236. The van der Waals surface area contributed by atoms with Crippen molar-refractivity contribution in [3.8, 4) is 0 Å². The van der Waals surface area contributed by atoms with Crippen molar-refractivity contribution in [3.05, 3.63) is 0 Å². The average Bonchev–Trinajstić information content (AvgIpc) is 2.37. The van der Waals surface area contributed by atoms with Crippen LogP contribution in [-0.4, -0.2) is 56.8 Å². The van der Waals surface area contributed by atoms with E-state index in [1.807, 2.05) is 0 Å². The summed E-state index contributed by atoms with van der Waals surface area (Å²) in [6, 6.07) is 0. The van der Waals surface area contributed by atoms with Gasteiger partial charge in [0, 0.05) is 26.7 Å². The van der Waals surface area contributed by atoms with Gasteiger partial charge in [0.1, 0.15) is 0 Å². The highest BCUT2D eigenvalue weighted by molar-refractivity contribution is 7.86. The maximum absolute atomic E-state index is 12.6. The Balaban J connectivity index is 2.48. The molecule has 1 heterocycles. The summed E-state index contributed by atoms with van der Waals surface area (Å²) in [5, 5.41) is 3.43. The van der Waals surface area contributed by atoms with E-state index in [4.69, 9.17) is 0 Å². The molecule has 0 saturated carbocycles. The molecule has 1 fully saturated rings. The molecule has 0 bridgehead atoms. The minimum Gasteiger partial charge on any atom is -0.316 e. The van der Waals surface area contributed by atoms with E-state index in [-0.39, 0.29) is 5.41 Å². The molecule has 1 aliphatic heterocycles. The van der Waals surface area contributed by atoms with E-state index in [0.29, 0.717) is 25.6 Å². The highest BCUT2D eigenvalue weighted by atomic mass is 32.2. The van der Waals surface area contributed by atoms with Crippen LogP contribution in [-0.2, 0) is 10.2 Å². The normalized spacial score (nSPS) is 19.3. The SMILES string of the molecule is CCCNCC1CCN(S(=O)(=O)N(C)CC(C)(C)C)CC1. The van der Waals surface area contributed by atoms with Gasteiger partial charge in [0.05, 0.1) is 0 Å². The van der Waals surface area contributed by atoms with Gasteiger partial charge in [-0.05, 0) is 43.7 Å². The fourth-order valence-electron chi connectivity index (χ4n) is 2.77. The number of hydrogen-bond donors (Lipinski definition) is 1. The zero-order valence-electron chi connectivity index (χ0n) is 14.4. The molecule has 1 aliphatic rings. The maximum atomic E-state index is 12.6. The number of piperidine rings is 1. The van der Waals surface area contributed by atoms with Gasteiger partial charge in [0.2, 0.25) is 0 Å². The van der Waals surface area contributed by atoms with Gasteiger partial charge in [-0.3, -0.25) is 0 Å². The predicted molar refractivity (Wildman–Crippen MR) is 88.5 cm³/mol. The Kier molecular flexibility index (Phi) is 7.10. The van der Waals surface area contributed by atoms with Crippen molar-refractivity contribution in [2.45, 2.75) is 47.0 Å². The van der Waals surface area contributed by atoms with E-state index in [2.05, 4.69) is 33.0 Å². The lowest BCUT2D eigenvalue weighted by atomic mass is 9.97. The first-order chi connectivity index (χ1) is 9.66. The summed E-state index contributed by atoms with van der Waals surface area (Å²) in [6.07, 6.45) is 3.06. The Hall–Kier alpha value is -0.170. The summed E-state index contributed by atoms with van der Waals surface area (Å²) in [6.45, 7) is 12.2. The van der Waals surface area contributed by atoms with Gasteiger partial charge in [-0.1, -0.05) is 27.7 Å². The van der Waals surface area contributed by atoms with Crippen LogP contribution in [0.3, 0.4) is 0 Å². The van der Waals surface area contributed by atoms with Crippen molar-refractivity contribution >= 4 is 10.2 Å². The minimum atomic E-state index is -3.30. The van der Waals surface area contributed by atoms with E-state index in [1.165, 1.54) is 4.31 Å². The molecule has 0 aromatic rings. The molecule has 0 aromatic heterocycles. The van der Waals surface area contributed by atoms with Crippen LogP contribution < -0.4 is 5.32 Å². The summed E-state index contributed by atoms with van der Waals surface area (Å²) in [5.41, 5.74) is -0.0236. The third-order valence-corrected chi connectivity index (χ3v) is 5.79. The highest BCUT2D eigenvalue weighted by Crippen LogP contribution is 2.23. The number of rotatable bonds is 7. The quantitative estimate of drug-likeness (QED) is 0.730. The molecule has 0 aliphatic carbocycles. The largest absolute Gasteiger partial charge is 0.316 e. The number of nitrogens with zero attached hydrogens (tertiary/aromatic N) is 2. The van der Waals surface area contributed by atoms with Crippen LogP contribution in [0.1, 0.15) is 47.0 Å². The molecule has 0 unspecified atom stereocenters. The van der Waals surface area contributed by atoms with E-state index in [0.717, 1.165) is 32.4 Å². The lowest BCUT2D eigenvalue weighted by molar-refractivity contribution is 0.240. The Bertz CT molecular complexity index is 396. The Morgan fingerprint density at radius 1 is 1.24 bits per heavy atom. The topological polar surface area (TPSA) is 52.7 Å². The smallest absolute Gasteiger partial charge is 0.281 e. The van der Waals surface area contributed by atoms with Gasteiger partial charge in [0.25, 0.3) is 10.2 Å². The van der Waals surface area contributed by atoms with Gasteiger partial charge in [-0.25, -0.2) is 0 Å². The van der Waals surface area contributed by atoms with Gasteiger partial charge >= 0.3 is 0 Å². The lowest BCUT2D eigenvalue weighted by Crippen LogP contribution is -2.48. The van der Waals surface area contributed by atoms with Crippen molar-refractivity contribution in [2.24, 2.45) is 11.3 Å². The van der Waals surface area contributed by atoms with Gasteiger partial charge < -0.3 is 5.32 Å². The molecule has 5 nitrogen and oxygen atoms in total. The fourth-order valence-corrected chi connectivity index (χ4v) is 4.39. The first-order valence-electron chi connectivity index (χ1n) is 8.09. The second-order valence-electron chi connectivity index (χ2n) is 7.37. The first kappa shape index (κ1) is 18.9. The van der Waals surface area contributed by atoms with Crippen LogP contribution >= 0.6 is 0 Å². The van der Waals surface area contributed by atoms with Gasteiger partial charge in [-0.15, -0.1) is 0 Å². The summed E-state index contributed by atoms with van der Waals surface area (Å²) in [7, 11) is -1.61. The van der Waals surface area contributed by atoms with Crippen molar-refractivity contribution < 1.29 is 8.42 Å². The van der Waals surface area contributed by atoms with Crippen LogP contribution in [0.15, 0.2) is 0 Å². The van der Waals surface area contributed by atoms with Crippen molar-refractivity contribution in [2.75, 3.05) is 39.8 Å². The molecule has 0 amide bonds. The van der Waals surface area contributed by atoms with E-state index in [1.54, 1.807) is 11.4 Å². The molecule has 0 aromatic carbocycles. The van der Waals surface area contributed by atoms with Crippen molar-refractivity contribution in [1.29, 1.82) is 0 Å². The number of hydrogen-bond acceptors (Lipinski definition) is 3. The molecular formula is C15H33N3O2S. The summed E-state index contributed by atoms with van der Waals surface area (Å²) in [5.74, 6) is 0.607. The summed E-state index contributed by atoms with van der Waals surface area (Å²) in [4.78, 5) is 0. The molecular weight excluding hydrogens is 286 g/mol. The van der Waals surface area contributed by atoms with Crippen LogP contribution in [0.4, 0.5) is 0 Å². The molecule has 0 radical (unpaired) electrons. The Labute approximate surface area is 131 Å². The van der Waals surface area contributed by atoms with Gasteiger partial charge in [-0.2, -0.15) is 17.0 Å². The third-order valence-electron chi connectivity index (χ3n) is 3.85. The molecule has 0 atom stereocenters. The van der Waals surface area contributed by atoms with Crippen LogP contribution in [0.25, 0.3) is 0 Å². The fraction of sp³-hybridized carbons (Fsp3) is 1.00. The zero-order valence-corrected chi connectivity index (χ0v) is 15.2. The standard InChI is InChI=1S/C15H33N3O2S/c1-6-9-16-12-14-7-10-18(11-8-14)21(19,20)17(5)13-15(2,3)4/h14,16H,6-13H2,1-5H3. The first-order valence-corrected chi connectivity index (χ1v) is 9.48. The maximum Gasteiger partial charge on any atom is 0.281 e. The average molecular weight is 320 g/mol. The lowest BCUT2D eigenvalue weighted by Gasteiger charge is -2.35. The number of nitrogens with one attached hydrogen (secondary N) is 1. The molecule has 126 valence electrons. The Morgan fingerprint density at radius 3 is 2.29 bits per heavy atom. The monoisotopic (exact) mass is 319 g/mol. The van der Waals surface area contributed by atoms with Crippen molar-refractivity contribution in [1.82, 2.24) is 13.9 Å². The third kappa shape index (κ3) is 6.22. The summed E-state index contributed by atoms with van der Waals surface area (Å²) >= 11 is 0. The molecule has 21 heavy (non-hydrogen) atoms. The zero-order chi connectivity index (χ0) is 16.1. The molecule has 6 heteroatoms. The summed E-state index contributed by atoms with van der Waals surface area (Å²) < 4.78 is 28.3. The van der Waals surface area contributed by atoms with Gasteiger partial charge in [0.15, 0.2) is 0 Å². The Morgan fingerprint density at radius 2 is 1.81 bits per heavy atom. The molecule has 1 saturated heterocycles. The second-order valence-corrected chi connectivity index (χ2v) is 9.41. The molecule has 1 rings (SSSR count). The highest BCUT2D eigenvalue weighted by Gasteiger charge is 2.32. The van der Waals surface area contributed by atoms with E-state index >= 15 is 0 Å². The predicted octanol–water partition coefficient (Wildman–Crippen LogP) is 1.92. The van der Waals surface area contributed by atoms with E-state index in [9.17, 15) is 8.42 Å². The molecule has 0 spiro atoms. The van der Waals surface area contributed by atoms with Crippen LogP contribution in [0, 0.1) is 11.3 Å². The van der Waals surface area contributed by atoms with Crippen molar-refractivity contribution in [3.63, 3.8) is 0 Å². The molecule has 1 N–H and O–H groups in total. The van der Waals surface area contributed by atoms with E-state index < -0.39 is 10.2 Å². The van der Waals surface area contributed by atoms with Crippen LogP contribution in [0.5, 0.6) is 0 Å². The second kappa shape index (κ2) is 7.90. The van der Waals surface area contributed by atoms with Crippen LogP contribution in [0.2, 0.25) is 0 Å².